The van der Waals surface area contributed by atoms with Crippen LogP contribution >= 0.6 is 0 Å². The number of ether oxygens (including phenoxy) is 1. The molecule has 1 saturated heterocycles. The van der Waals surface area contributed by atoms with Crippen LogP contribution in [-0.2, 0) is 9.53 Å². The molecular formula is C10H19NO3. The van der Waals surface area contributed by atoms with Gasteiger partial charge in [0.15, 0.2) is 0 Å². The van der Waals surface area contributed by atoms with E-state index in [1.165, 1.54) is 0 Å². The lowest BCUT2D eigenvalue weighted by molar-refractivity contribution is -0.142. The summed E-state index contributed by atoms with van der Waals surface area (Å²) in [5, 5.41) is 8.88. The minimum atomic E-state index is -0.728. The second-order valence-electron chi connectivity index (χ2n) is 3.82. The Morgan fingerprint density at radius 3 is 2.86 bits per heavy atom. The summed E-state index contributed by atoms with van der Waals surface area (Å²) in [4.78, 5) is 10.8. The second kappa shape index (κ2) is 5.98. The SMILES string of the molecule is NCCC(CCC1CCCO1)C(=O)O. The van der Waals surface area contributed by atoms with Crippen LogP contribution in [-0.4, -0.2) is 30.3 Å². The number of aliphatic carboxylic acids is 1. The van der Waals surface area contributed by atoms with E-state index in [1.54, 1.807) is 0 Å². The van der Waals surface area contributed by atoms with Crippen molar-refractivity contribution in [1.29, 1.82) is 0 Å². The Hall–Kier alpha value is -0.610. The van der Waals surface area contributed by atoms with Gasteiger partial charge in [-0.25, -0.2) is 0 Å². The van der Waals surface area contributed by atoms with Gasteiger partial charge in [0, 0.05) is 6.61 Å². The zero-order valence-electron chi connectivity index (χ0n) is 8.45. The van der Waals surface area contributed by atoms with Crippen molar-refractivity contribution in [3.05, 3.63) is 0 Å². The van der Waals surface area contributed by atoms with Gasteiger partial charge in [0.25, 0.3) is 0 Å². The first-order chi connectivity index (χ1) is 6.74. The largest absolute Gasteiger partial charge is 0.481 e. The normalized spacial score (nSPS) is 23.6. The predicted molar refractivity (Wildman–Crippen MR) is 53.0 cm³/mol. The first kappa shape index (κ1) is 11.5. The van der Waals surface area contributed by atoms with Crippen LogP contribution in [0.15, 0.2) is 0 Å². The lowest BCUT2D eigenvalue weighted by Gasteiger charge is -2.13. The molecule has 0 amide bonds. The summed E-state index contributed by atoms with van der Waals surface area (Å²) in [5.74, 6) is -1.02. The highest BCUT2D eigenvalue weighted by Gasteiger charge is 2.21. The van der Waals surface area contributed by atoms with Gasteiger partial charge in [-0.05, 0) is 38.6 Å². The number of carboxylic acid groups (broad SMARTS) is 1. The third-order valence-corrected chi connectivity index (χ3v) is 2.73. The van der Waals surface area contributed by atoms with Crippen molar-refractivity contribution >= 4 is 5.97 Å². The molecule has 1 fully saturated rings. The lowest BCUT2D eigenvalue weighted by atomic mass is 9.97. The van der Waals surface area contributed by atoms with E-state index in [1.807, 2.05) is 0 Å². The Balaban J connectivity index is 2.21. The number of carbonyl (C=O) groups is 1. The molecule has 1 aliphatic rings. The maximum Gasteiger partial charge on any atom is 0.306 e. The number of rotatable bonds is 6. The van der Waals surface area contributed by atoms with Crippen LogP contribution in [0, 0.1) is 5.92 Å². The van der Waals surface area contributed by atoms with E-state index in [2.05, 4.69) is 0 Å². The molecular weight excluding hydrogens is 182 g/mol. The van der Waals surface area contributed by atoms with Gasteiger partial charge >= 0.3 is 5.97 Å². The van der Waals surface area contributed by atoms with Crippen molar-refractivity contribution < 1.29 is 14.6 Å². The maximum absolute atomic E-state index is 10.8. The van der Waals surface area contributed by atoms with Gasteiger partial charge in [-0.1, -0.05) is 0 Å². The second-order valence-corrected chi connectivity index (χ2v) is 3.82. The fourth-order valence-electron chi connectivity index (χ4n) is 1.85. The van der Waals surface area contributed by atoms with Crippen LogP contribution in [0.25, 0.3) is 0 Å². The molecule has 0 aromatic rings. The molecule has 2 unspecified atom stereocenters. The van der Waals surface area contributed by atoms with E-state index in [0.717, 1.165) is 25.9 Å². The molecule has 82 valence electrons. The van der Waals surface area contributed by atoms with Crippen molar-refractivity contribution in [3.8, 4) is 0 Å². The van der Waals surface area contributed by atoms with Gasteiger partial charge < -0.3 is 15.6 Å². The Labute approximate surface area is 84.4 Å². The first-order valence-corrected chi connectivity index (χ1v) is 5.28. The third kappa shape index (κ3) is 3.64. The molecule has 1 rings (SSSR count). The fourth-order valence-corrected chi connectivity index (χ4v) is 1.85. The Morgan fingerprint density at radius 1 is 1.57 bits per heavy atom. The molecule has 0 aromatic carbocycles. The summed E-state index contributed by atoms with van der Waals surface area (Å²) in [6.07, 6.45) is 4.60. The minimum Gasteiger partial charge on any atom is -0.481 e. The van der Waals surface area contributed by atoms with E-state index >= 15 is 0 Å². The van der Waals surface area contributed by atoms with Gasteiger partial charge in [-0.15, -0.1) is 0 Å². The summed E-state index contributed by atoms with van der Waals surface area (Å²) in [5.41, 5.74) is 5.36. The van der Waals surface area contributed by atoms with Crippen LogP contribution in [0.5, 0.6) is 0 Å². The highest BCUT2D eigenvalue weighted by molar-refractivity contribution is 5.69. The summed E-state index contributed by atoms with van der Waals surface area (Å²) < 4.78 is 5.44. The van der Waals surface area contributed by atoms with Gasteiger partial charge in [0.1, 0.15) is 0 Å². The van der Waals surface area contributed by atoms with Crippen LogP contribution in [0.4, 0.5) is 0 Å². The zero-order chi connectivity index (χ0) is 10.4. The van der Waals surface area contributed by atoms with Crippen LogP contribution in [0.3, 0.4) is 0 Å². The summed E-state index contributed by atoms with van der Waals surface area (Å²) in [7, 11) is 0. The molecule has 4 nitrogen and oxygen atoms in total. The molecule has 0 radical (unpaired) electrons. The molecule has 0 aliphatic carbocycles. The van der Waals surface area contributed by atoms with Gasteiger partial charge in [-0.3, -0.25) is 4.79 Å². The number of hydrogen-bond acceptors (Lipinski definition) is 3. The molecule has 1 aliphatic heterocycles. The quantitative estimate of drug-likeness (QED) is 0.672. The van der Waals surface area contributed by atoms with E-state index in [4.69, 9.17) is 15.6 Å². The Morgan fingerprint density at radius 2 is 2.36 bits per heavy atom. The van der Waals surface area contributed by atoms with E-state index in [0.29, 0.717) is 19.4 Å². The average molecular weight is 201 g/mol. The molecule has 0 saturated carbocycles. The number of nitrogens with two attached hydrogens (primary N) is 1. The molecule has 4 heteroatoms. The highest BCUT2D eigenvalue weighted by Crippen LogP contribution is 2.20. The average Bonchev–Trinajstić information content (AvgIpc) is 2.64. The molecule has 1 heterocycles. The molecule has 0 aromatic heterocycles. The fraction of sp³-hybridized carbons (Fsp3) is 0.900. The van der Waals surface area contributed by atoms with Gasteiger partial charge in [0.05, 0.1) is 12.0 Å². The third-order valence-electron chi connectivity index (χ3n) is 2.73. The minimum absolute atomic E-state index is 0.287. The summed E-state index contributed by atoms with van der Waals surface area (Å²) in [6, 6.07) is 0. The van der Waals surface area contributed by atoms with Crippen molar-refractivity contribution in [3.63, 3.8) is 0 Å². The molecule has 14 heavy (non-hydrogen) atoms. The topological polar surface area (TPSA) is 72.5 Å². The van der Waals surface area contributed by atoms with Crippen LogP contribution < -0.4 is 5.73 Å². The van der Waals surface area contributed by atoms with Crippen LogP contribution in [0.1, 0.15) is 32.1 Å². The van der Waals surface area contributed by atoms with Crippen molar-refractivity contribution in [1.82, 2.24) is 0 Å². The molecule has 3 N–H and O–H groups in total. The van der Waals surface area contributed by atoms with Crippen LogP contribution in [0.2, 0.25) is 0 Å². The lowest BCUT2D eigenvalue weighted by Crippen LogP contribution is -2.19. The Bertz CT molecular complexity index is 178. The number of carboxylic acids is 1. The van der Waals surface area contributed by atoms with Gasteiger partial charge in [0.2, 0.25) is 0 Å². The maximum atomic E-state index is 10.8. The zero-order valence-corrected chi connectivity index (χ0v) is 8.45. The predicted octanol–water partition coefficient (Wildman–Crippen LogP) is 0.995. The van der Waals surface area contributed by atoms with Crippen molar-refractivity contribution in [2.75, 3.05) is 13.2 Å². The van der Waals surface area contributed by atoms with E-state index < -0.39 is 5.97 Å². The standard InChI is InChI=1S/C10H19NO3/c11-6-5-8(10(12)13)3-4-9-2-1-7-14-9/h8-9H,1-7,11H2,(H,12,13). The van der Waals surface area contributed by atoms with Gasteiger partial charge in [-0.2, -0.15) is 0 Å². The summed E-state index contributed by atoms with van der Waals surface area (Å²) >= 11 is 0. The molecule has 0 spiro atoms. The van der Waals surface area contributed by atoms with Crippen molar-refractivity contribution in [2.45, 2.75) is 38.2 Å². The highest BCUT2D eigenvalue weighted by atomic mass is 16.5. The summed E-state index contributed by atoms with van der Waals surface area (Å²) in [6.45, 7) is 1.28. The van der Waals surface area contributed by atoms with E-state index in [9.17, 15) is 4.79 Å². The van der Waals surface area contributed by atoms with Crippen molar-refractivity contribution in [2.24, 2.45) is 11.7 Å². The first-order valence-electron chi connectivity index (χ1n) is 5.28. The van der Waals surface area contributed by atoms with E-state index in [-0.39, 0.29) is 12.0 Å². The molecule has 2 atom stereocenters. The Kier molecular flexibility index (Phi) is 4.90. The molecule has 0 bridgehead atoms. The smallest absolute Gasteiger partial charge is 0.306 e. The monoisotopic (exact) mass is 201 g/mol. The number of hydrogen-bond donors (Lipinski definition) is 2.